The fourth-order valence-electron chi connectivity index (χ4n) is 2.20. The van der Waals surface area contributed by atoms with Gasteiger partial charge in [0.2, 0.25) is 0 Å². The molecule has 0 amide bonds. The average molecular weight is 347 g/mol. The fourth-order valence-corrected chi connectivity index (χ4v) is 4.18. The summed E-state index contributed by atoms with van der Waals surface area (Å²) >= 11 is 3.06. The number of nitrogens with zero attached hydrogens (tertiary/aromatic N) is 2. The molecule has 7 heteroatoms. The van der Waals surface area contributed by atoms with Crippen molar-refractivity contribution in [1.82, 2.24) is 0 Å². The molecule has 1 saturated heterocycles. The van der Waals surface area contributed by atoms with Gasteiger partial charge in [-0.3, -0.25) is 0 Å². The number of nitriles is 1. The van der Waals surface area contributed by atoms with Crippen LogP contribution >= 0.6 is 15.9 Å². The molecule has 19 heavy (non-hydrogen) atoms. The third-order valence-electron chi connectivity index (χ3n) is 3.16. The summed E-state index contributed by atoms with van der Waals surface area (Å²) in [5, 5.41) is 8.83. The number of sulfone groups is 1. The van der Waals surface area contributed by atoms with Crippen LogP contribution < -0.4 is 4.90 Å². The molecular formula is C12H12BrFN2O2S. The van der Waals surface area contributed by atoms with E-state index in [0.717, 1.165) is 0 Å². The van der Waals surface area contributed by atoms with Gasteiger partial charge in [-0.1, -0.05) is 0 Å². The van der Waals surface area contributed by atoms with Gasteiger partial charge < -0.3 is 4.90 Å². The number of hydrogen-bond donors (Lipinski definition) is 0. The first-order valence-corrected chi connectivity index (χ1v) is 8.32. The van der Waals surface area contributed by atoms with Gasteiger partial charge in [0.15, 0.2) is 15.7 Å². The SMILES string of the molecule is CC1CS(=O)(=O)CCN1c1ccc(C#N)c(Br)c1F. The molecular weight excluding hydrogens is 335 g/mol. The molecule has 1 aromatic carbocycles. The summed E-state index contributed by atoms with van der Waals surface area (Å²) in [4.78, 5) is 1.72. The Hall–Kier alpha value is -1.13. The minimum atomic E-state index is -3.04. The van der Waals surface area contributed by atoms with Crippen molar-refractivity contribution in [2.24, 2.45) is 0 Å². The number of halogens is 2. The van der Waals surface area contributed by atoms with Crippen molar-refractivity contribution >= 4 is 31.5 Å². The lowest BCUT2D eigenvalue weighted by Crippen LogP contribution is -2.47. The quantitative estimate of drug-likeness (QED) is 0.781. The number of anilines is 1. The van der Waals surface area contributed by atoms with Gasteiger partial charge >= 0.3 is 0 Å². The summed E-state index contributed by atoms with van der Waals surface area (Å²) in [5.41, 5.74) is 0.548. The topological polar surface area (TPSA) is 61.2 Å². The Morgan fingerprint density at radius 3 is 2.79 bits per heavy atom. The number of hydrogen-bond acceptors (Lipinski definition) is 4. The average Bonchev–Trinajstić information content (AvgIpc) is 2.33. The van der Waals surface area contributed by atoms with Gasteiger partial charge in [-0.15, -0.1) is 0 Å². The molecule has 1 aromatic rings. The largest absolute Gasteiger partial charge is 0.364 e. The molecule has 0 aromatic heterocycles. The predicted octanol–water partition coefficient (Wildman–Crippen LogP) is 2.08. The maximum Gasteiger partial charge on any atom is 0.161 e. The van der Waals surface area contributed by atoms with E-state index in [4.69, 9.17) is 5.26 Å². The van der Waals surface area contributed by atoms with Gasteiger partial charge in [0, 0.05) is 12.6 Å². The van der Waals surface area contributed by atoms with E-state index in [1.165, 1.54) is 12.1 Å². The summed E-state index contributed by atoms with van der Waals surface area (Å²) in [7, 11) is -3.04. The zero-order chi connectivity index (χ0) is 14.2. The molecule has 0 aliphatic carbocycles. The van der Waals surface area contributed by atoms with E-state index < -0.39 is 15.7 Å². The van der Waals surface area contributed by atoms with Crippen molar-refractivity contribution in [2.75, 3.05) is 23.0 Å². The Morgan fingerprint density at radius 2 is 2.21 bits per heavy atom. The minimum absolute atomic E-state index is 0.0179. The highest BCUT2D eigenvalue weighted by Gasteiger charge is 2.30. The molecule has 0 saturated carbocycles. The van der Waals surface area contributed by atoms with Gasteiger partial charge in [-0.2, -0.15) is 5.26 Å². The molecule has 4 nitrogen and oxygen atoms in total. The molecule has 0 bridgehead atoms. The van der Waals surface area contributed by atoms with Crippen LogP contribution in [0.1, 0.15) is 12.5 Å². The molecule has 1 aliphatic rings. The van der Waals surface area contributed by atoms with Crippen LogP contribution in [0.5, 0.6) is 0 Å². The zero-order valence-corrected chi connectivity index (χ0v) is 12.6. The Bertz CT molecular complexity index is 654. The zero-order valence-electron chi connectivity index (χ0n) is 10.2. The Balaban J connectivity index is 2.39. The second kappa shape index (κ2) is 5.10. The van der Waals surface area contributed by atoms with E-state index in [0.29, 0.717) is 5.69 Å². The van der Waals surface area contributed by atoms with Crippen molar-refractivity contribution in [3.8, 4) is 6.07 Å². The van der Waals surface area contributed by atoms with E-state index in [-0.39, 0.29) is 34.1 Å². The molecule has 1 fully saturated rings. The summed E-state index contributed by atoms with van der Waals surface area (Å²) in [5.74, 6) is -0.483. The van der Waals surface area contributed by atoms with Gasteiger partial charge in [0.1, 0.15) is 6.07 Å². The summed E-state index contributed by atoms with van der Waals surface area (Å²) in [6, 6.07) is 4.65. The summed E-state index contributed by atoms with van der Waals surface area (Å²) in [6.45, 7) is 2.01. The molecule has 1 heterocycles. The van der Waals surface area contributed by atoms with E-state index in [9.17, 15) is 12.8 Å². The van der Waals surface area contributed by atoms with Gasteiger partial charge in [0.25, 0.3) is 0 Å². The normalized spacial score (nSPS) is 22.0. The van der Waals surface area contributed by atoms with Crippen molar-refractivity contribution in [3.63, 3.8) is 0 Å². The lowest BCUT2D eigenvalue weighted by Gasteiger charge is -2.35. The predicted molar refractivity (Wildman–Crippen MR) is 74.3 cm³/mol. The first kappa shape index (κ1) is 14.3. The van der Waals surface area contributed by atoms with E-state index in [1.807, 2.05) is 6.07 Å². The van der Waals surface area contributed by atoms with Crippen LogP contribution in [0.25, 0.3) is 0 Å². The van der Waals surface area contributed by atoms with Crippen LogP contribution in [0, 0.1) is 17.1 Å². The standard InChI is InChI=1S/C12H12BrFN2O2S/c1-8-7-19(17,18)5-4-16(8)10-3-2-9(6-15)11(13)12(10)14/h2-3,8H,4-5,7H2,1H3. The lowest BCUT2D eigenvalue weighted by atomic mass is 10.1. The van der Waals surface area contributed by atoms with E-state index in [1.54, 1.807) is 11.8 Å². The van der Waals surface area contributed by atoms with Gasteiger partial charge in [-0.05, 0) is 35.0 Å². The van der Waals surface area contributed by atoms with Crippen LogP contribution in [0.3, 0.4) is 0 Å². The van der Waals surface area contributed by atoms with Crippen molar-refractivity contribution in [1.29, 1.82) is 5.26 Å². The molecule has 1 aliphatic heterocycles. The summed E-state index contributed by atoms with van der Waals surface area (Å²) in [6.07, 6.45) is 0. The second-order valence-corrected chi connectivity index (χ2v) is 7.55. The van der Waals surface area contributed by atoms with Crippen LogP contribution in [0.15, 0.2) is 16.6 Å². The fraction of sp³-hybridized carbons (Fsp3) is 0.417. The van der Waals surface area contributed by atoms with E-state index >= 15 is 0 Å². The Morgan fingerprint density at radius 1 is 1.53 bits per heavy atom. The monoisotopic (exact) mass is 346 g/mol. The molecule has 102 valence electrons. The van der Waals surface area contributed by atoms with Crippen LogP contribution in [-0.2, 0) is 9.84 Å². The molecule has 0 N–H and O–H groups in total. The maximum absolute atomic E-state index is 14.2. The lowest BCUT2D eigenvalue weighted by molar-refractivity contribution is 0.558. The maximum atomic E-state index is 14.2. The second-order valence-electron chi connectivity index (χ2n) is 4.53. The van der Waals surface area contributed by atoms with Crippen molar-refractivity contribution < 1.29 is 12.8 Å². The van der Waals surface area contributed by atoms with Crippen LogP contribution in [0.4, 0.5) is 10.1 Å². The van der Waals surface area contributed by atoms with Crippen LogP contribution in [-0.4, -0.2) is 32.5 Å². The molecule has 2 rings (SSSR count). The third-order valence-corrected chi connectivity index (χ3v) is 5.73. The van der Waals surface area contributed by atoms with Crippen molar-refractivity contribution in [2.45, 2.75) is 13.0 Å². The Kier molecular flexibility index (Phi) is 3.83. The van der Waals surface area contributed by atoms with Gasteiger partial charge in [0.05, 0.1) is 27.2 Å². The molecule has 1 unspecified atom stereocenters. The smallest absolute Gasteiger partial charge is 0.161 e. The third kappa shape index (κ3) is 2.74. The minimum Gasteiger partial charge on any atom is -0.364 e. The first-order chi connectivity index (χ1) is 8.85. The highest BCUT2D eigenvalue weighted by Crippen LogP contribution is 2.31. The van der Waals surface area contributed by atoms with Gasteiger partial charge in [-0.25, -0.2) is 12.8 Å². The Labute approximate surface area is 119 Å². The summed E-state index contributed by atoms with van der Waals surface area (Å²) < 4.78 is 37.4. The van der Waals surface area contributed by atoms with Crippen molar-refractivity contribution in [3.05, 3.63) is 28.0 Å². The molecule has 1 atom stereocenters. The number of rotatable bonds is 1. The number of benzene rings is 1. The van der Waals surface area contributed by atoms with Crippen LogP contribution in [0.2, 0.25) is 0 Å². The van der Waals surface area contributed by atoms with E-state index in [2.05, 4.69) is 15.9 Å². The highest BCUT2D eigenvalue weighted by atomic mass is 79.9. The molecule has 0 spiro atoms. The highest BCUT2D eigenvalue weighted by molar-refractivity contribution is 9.10. The first-order valence-electron chi connectivity index (χ1n) is 5.71. The molecule has 0 radical (unpaired) electrons.